The molecule has 0 aromatic heterocycles. The van der Waals surface area contributed by atoms with Crippen LogP contribution in [0.1, 0.15) is 24.0 Å². The van der Waals surface area contributed by atoms with Gasteiger partial charge in [-0.3, -0.25) is 4.79 Å². The zero-order chi connectivity index (χ0) is 21.0. The molecule has 1 aliphatic heterocycles. The van der Waals surface area contributed by atoms with Gasteiger partial charge in [-0.2, -0.15) is 0 Å². The van der Waals surface area contributed by atoms with Crippen LogP contribution in [0.25, 0.3) is 0 Å². The number of nitrogens with zero attached hydrogens (tertiary/aromatic N) is 2. The van der Waals surface area contributed by atoms with Crippen molar-refractivity contribution in [2.45, 2.75) is 25.1 Å². The Morgan fingerprint density at radius 1 is 1.17 bits per heavy atom. The van der Waals surface area contributed by atoms with Gasteiger partial charge in [0.15, 0.2) is 0 Å². The zero-order valence-electron chi connectivity index (χ0n) is 16.2. The van der Waals surface area contributed by atoms with Crippen molar-refractivity contribution >= 4 is 39.1 Å². The Bertz CT molecular complexity index is 967. The van der Waals surface area contributed by atoms with Crippen molar-refractivity contribution in [3.63, 3.8) is 0 Å². The van der Waals surface area contributed by atoms with E-state index in [2.05, 4.69) is 0 Å². The summed E-state index contributed by atoms with van der Waals surface area (Å²) in [4.78, 5) is 14.6. The second-order valence-electron chi connectivity index (χ2n) is 7.37. The van der Waals surface area contributed by atoms with Crippen molar-refractivity contribution in [3.8, 4) is 0 Å². The van der Waals surface area contributed by atoms with Gasteiger partial charge in [-0.15, -0.1) is 0 Å². The van der Waals surface area contributed by atoms with E-state index in [-0.39, 0.29) is 24.1 Å². The predicted octanol–water partition coefficient (Wildman–Crippen LogP) is 4.19. The monoisotopic (exact) mass is 454 g/mol. The summed E-state index contributed by atoms with van der Waals surface area (Å²) in [6, 6.07) is 14.5. The average Bonchev–Trinajstić information content (AvgIpc) is 2.70. The van der Waals surface area contributed by atoms with Gasteiger partial charge in [0.25, 0.3) is 0 Å². The number of hydrogen-bond acceptors (Lipinski definition) is 3. The van der Waals surface area contributed by atoms with Gasteiger partial charge in [-0.25, -0.2) is 12.7 Å². The molecule has 29 heavy (non-hydrogen) atoms. The Hall–Kier alpha value is -1.60. The molecule has 0 aliphatic carbocycles. The maximum atomic E-state index is 12.9. The minimum atomic E-state index is -3.59. The lowest BCUT2D eigenvalue weighted by Gasteiger charge is -2.33. The van der Waals surface area contributed by atoms with E-state index in [9.17, 15) is 13.2 Å². The van der Waals surface area contributed by atoms with Crippen molar-refractivity contribution in [3.05, 3.63) is 69.7 Å². The average molecular weight is 455 g/mol. The summed E-state index contributed by atoms with van der Waals surface area (Å²) in [7, 11) is -1.83. The van der Waals surface area contributed by atoms with Gasteiger partial charge < -0.3 is 4.90 Å². The number of hydrogen-bond donors (Lipinski definition) is 0. The Balaban J connectivity index is 1.66. The summed E-state index contributed by atoms with van der Waals surface area (Å²) in [6.45, 7) is 1.12. The van der Waals surface area contributed by atoms with E-state index in [1.165, 1.54) is 10.4 Å². The van der Waals surface area contributed by atoms with Crippen molar-refractivity contribution in [2.75, 3.05) is 20.1 Å². The highest BCUT2D eigenvalue weighted by molar-refractivity contribution is 7.88. The Labute approximate surface area is 182 Å². The quantitative estimate of drug-likeness (QED) is 0.656. The second-order valence-corrected chi connectivity index (χ2v) is 10.2. The van der Waals surface area contributed by atoms with E-state index in [0.29, 0.717) is 41.5 Å². The molecule has 0 saturated carbocycles. The number of halogens is 2. The number of benzene rings is 2. The van der Waals surface area contributed by atoms with Crippen molar-refractivity contribution in [2.24, 2.45) is 5.92 Å². The largest absolute Gasteiger partial charge is 0.341 e. The van der Waals surface area contributed by atoms with Gasteiger partial charge in [0.2, 0.25) is 15.9 Å². The van der Waals surface area contributed by atoms with Gasteiger partial charge in [0, 0.05) is 36.7 Å². The first-order chi connectivity index (χ1) is 13.8. The molecule has 1 heterocycles. The van der Waals surface area contributed by atoms with Crippen LogP contribution < -0.4 is 0 Å². The molecule has 8 heteroatoms. The molecular weight excluding hydrogens is 431 g/mol. The first-order valence-corrected chi connectivity index (χ1v) is 11.8. The van der Waals surface area contributed by atoms with Crippen LogP contribution in [-0.4, -0.2) is 43.7 Å². The molecule has 1 amide bonds. The highest BCUT2D eigenvalue weighted by atomic mass is 35.5. The van der Waals surface area contributed by atoms with E-state index in [4.69, 9.17) is 23.2 Å². The molecule has 1 unspecified atom stereocenters. The van der Waals surface area contributed by atoms with E-state index < -0.39 is 10.0 Å². The van der Waals surface area contributed by atoms with Gasteiger partial charge in [0.05, 0.1) is 11.7 Å². The SMILES string of the molecule is CN(Cc1ccccc1)C(=O)C1CCCN(S(=O)(=O)Cc2ccc(Cl)cc2Cl)C1. The minimum Gasteiger partial charge on any atom is -0.341 e. The van der Waals surface area contributed by atoms with Gasteiger partial charge in [-0.1, -0.05) is 59.6 Å². The lowest BCUT2D eigenvalue weighted by molar-refractivity contribution is -0.135. The fourth-order valence-electron chi connectivity index (χ4n) is 3.57. The number of rotatable bonds is 6. The molecule has 156 valence electrons. The molecular formula is C21H24Cl2N2O3S. The normalized spacial score (nSPS) is 17.8. The van der Waals surface area contributed by atoms with Crippen LogP contribution in [0.4, 0.5) is 0 Å². The van der Waals surface area contributed by atoms with E-state index >= 15 is 0 Å². The fourth-order valence-corrected chi connectivity index (χ4v) is 5.77. The first-order valence-electron chi connectivity index (χ1n) is 9.47. The van der Waals surface area contributed by atoms with Crippen LogP contribution in [0.5, 0.6) is 0 Å². The minimum absolute atomic E-state index is 0.0294. The molecule has 0 bridgehead atoms. The summed E-state index contributed by atoms with van der Waals surface area (Å²) in [5.74, 6) is -0.574. The number of amides is 1. The summed E-state index contributed by atoms with van der Waals surface area (Å²) < 4.78 is 27.3. The van der Waals surface area contributed by atoms with Crippen LogP contribution >= 0.6 is 23.2 Å². The zero-order valence-corrected chi connectivity index (χ0v) is 18.6. The van der Waals surface area contributed by atoms with E-state index in [1.807, 2.05) is 30.3 Å². The van der Waals surface area contributed by atoms with Crippen LogP contribution in [0.2, 0.25) is 10.0 Å². The molecule has 2 aromatic rings. The summed E-state index contributed by atoms with van der Waals surface area (Å²) >= 11 is 12.0. The summed E-state index contributed by atoms with van der Waals surface area (Å²) in [5, 5.41) is 0.787. The highest BCUT2D eigenvalue weighted by Crippen LogP contribution is 2.27. The van der Waals surface area contributed by atoms with E-state index in [0.717, 1.165) is 5.56 Å². The third kappa shape index (κ3) is 5.72. The molecule has 2 aromatic carbocycles. The van der Waals surface area contributed by atoms with Gasteiger partial charge >= 0.3 is 0 Å². The molecule has 1 aliphatic rings. The summed E-state index contributed by atoms with van der Waals surface area (Å²) in [5.41, 5.74) is 1.55. The van der Waals surface area contributed by atoms with E-state index in [1.54, 1.807) is 24.1 Å². The van der Waals surface area contributed by atoms with Crippen LogP contribution in [0.15, 0.2) is 48.5 Å². The maximum Gasteiger partial charge on any atom is 0.227 e. The number of carbonyl (C=O) groups is 1. The number of sulfonamides is 1. The standard InChI is InChI=1S/C21H24Cl2N2O3S/c1-24(13-16-6-3-2-4-7-16)21(26)17-8-5-11-25(14-17)29(27,28)15-18-9-10-19(22)12-20(18)23/h2-4,6-7,9-10,12,17H,5,8,11,13-15H2,1H3. The Morgan fingerprint density at radius 3 is 2.59 bits per heavy atom. The molecule has 5 nitrogen and oxygen atoms in total. The third-order valence-corrected chi connectivity index (χ3v) is 7.50. The molecule has 0 radical (unpaired) electrons. The van der Waals surface area contributed by atoms with Crippen molar-refractivity contribution in [1.82, 2.24) is 9.21 Å². The van der Waals surface area contributed by atoms with Gasteiger partial charge in [-0.05, 0) is 36.1 Å². The van der Waals surface area contributed by atoms with Crippen LogP contribution in [-0.2, 0) is 27.1 Å². The number of piperidine rings is 1. The molecule has 1 fully saturated rings. The molecule has 3 rings (SSSR count). The molecule has 1 saturated heterocycles. The lowest BCUT2D eigenvalue weighted by Crippen LogP contribution is -2.46. The van der Waals surface area contributed by atoms with Crippen molar-refractivity contribution < 1.29 is 13.2 Å². The predicted molar refractivity (Wildman–Crippen MR) is 116 cm³/mol. The molecule has 0 spiro atoms. The Morgan fingerprint density at radius 2 is 1.90 bits per heavy atom. The van der Waals surface area contributed by atoms with Gasteiger partial charge in [0.1, 0.15) is 0 Å². The Kier molecular flexibility index (Phi) is 7.22. The third-order valence-electron chi connectivity index (χ3n) is 5.12. The van der Waals surface area contributed by atoms with Crippen LogP contribution in [0.3, 0.4) is 0 Å². The van der Waals surface area contributed by atoms with Crippen LogP contribution in [0, 0.1) is 5.92 Å². The lowest BCUT2D eigenvalue weighted by atomic mass is 9.98. The smallest absolute Gasteiger partial charge is 0.227 e. The second kappa shape index (κ2) is 9.47. The highest BCUT2D eigenvalue weighted by Gasteiger charge is 2.33. The molecule has 1 atom stereocenters. The number of carbonyl (C=O) groups excluding carboxylic acids is 1. The molecule has 0 N–H and O–H groups in total. The van der Waals surface area contributed by atoms with Crippen molar-refractivity contribution in [1.29, 1.82) is 0 Å². The maximum absolute atomic E-state index is 12.9. The summed E-state index contributed by atoms with van der Waals surface area (Å²) in [6.07, 6.45) is 1.34. The fraction of sp³-hybridized carbons (Fsp3) is 0.381. The topological polar surface area (TPSA) is 57.7 Å². The first kappa shape index (κ1) is 22.1.